The average molecular weight is 450 g/mol. The summed E-state index contributed by atoms with van der Waals surface area (Å²) in [6.07, 6.45) is 5.56. The first-order valence-corrected chi connectivity index (χ1v) is 12.1. The monoisotopic (exact) mass is 449 g/mol. The number of hydrogen-bond donors (Lipinski definition) is 2. The SMILES string of the molecule is CCOC(=O)CCCCCCC(NCCC(O)C(C)(C)Cc1ccccc1)C(=O)OCC. The minimum atomic E-state index is -0.485. The van der Waals surface area contributed by atoms with E-state index in [1.54, 1.807) is 6.92 Å². The van der Waals surface area contributed by atoms with Gasteiger partial charge in [0.1, 0.15) is 6.04 Å². The van der Waals surface area contributed by atoms with Crippen LogP contribution in [0.1, 0.15) is 78.2 Å². The summed E-state index contributed by atoms with van der Waals surface area (Å²) >= 11 is 0. The Hall–Kier alpha value is -1.92. The Labute approximate surface area is 194 Å². The minimum absolute atomic E-state index is 0.146. The summed E-state index contributed by atoms with van der Waals surface area (Å²) in [5, 5.41) is 14.0. The molecule has 0 aliphatic carbocycles. The van der Waals surface area contributed by atoms with Crippen LogP contribution in [0.3, 0.4) is 0 Å². The Kier molecular flexibility index (Phi) is 13.9. The highest BCUT2D eigenvalue weighted by Crippen LogP contribution is 2.28. The van der Waals surface area contributed by atoms with Gasteiger partial charge in [-0.3, -0.25) is 9.59 Å². The molecule has 1 rings (SSSR count). The number of nitrogens with one attached hydrogen (secondary N) is 1. The summed E-state index contributed by atoms with van der Waals surface area (Å²) in [6.45, 7) is 9.08. The molecule has 0 aliphatic rings. The van der Waals surface area contributed by atoms with E-state index in [1.807, 2.05) is 25.1 Å². The number of ether oxygens (including phenoxy) is 2. The van der Waals surface area contributed by atoms with Crippen molar-refractivity contribution in [1.82, 2.24) is 5.32 Å². The number of hydrogen-bond acceptors (Lipinski definition) is 6. The van der Waals surface area contributed by atoms with Crippen LogP contribution in [0.5, 0.6) is 0 Å². The number of aliphatic hydroxyl groups excluding tert-OH is 1. The summed E-state index contributed by atoms with van der Waals surface area (Å²) in [4.78, 5) is 23.7. The maximum Gasteiger partial charge on any atom is 0.323 e. The summed E-state index contributed by atoms with van der Waals surface area (Å²) in [5.41, 5.74) is 0.943. The first-order chi connectivity index (χ1) is 15.3. The third kappa shape index (κ3) is 11.6. The zero-order valence-corrected chi connectivity index (χ0v) is 20.4. The predicted molar refractivity (Wildman–Crippen MR) is 127 cm³/mol. The van der Waals surface area contributed by atoms with E-state index < -0.39 is 6.10 Å². The molecule has 6 nitrogen and oxygen atoms in total. The van der Waals surface area contributed by atoms with Crippen molar-refractivity contribution in [2.24, 2.45) is 5.41 Å². The van der Waals surface area contributed by atoms with Crippen LogP contribution < -0.4 is 5.32 Å². The lowest BCUT2D eigenvalue weighted by Crippen LogP contribution is -2.41. The zero-order valence-electron chi connectivity index (χ0n) is 20.4. The van der Waals surface area contributed by atoms with Crippen LogP contribution in [0.15, 0.2) is 30.3 Å². The number of esters is 2. The maximum atomic E-state index is 12.3. The van der Waals surface area contributed by atoms with E-state index in [2.05, 4.69) is 31.3 Å². The summed E-state index contributed by atoms with van der Waals surface area (Å²) in [6, 6.07) is 9.81. The van der Waals surface area contributed by atoms with E-state index in [0.29, 0.717) is 39.0 Å². The normalized spacial score (nSPS) is 13.4. The molecule has 0 bridgehead atoms. The van der Waals surface area contributed by atoms with Gasteiger partial charge < -0.3 is 19.9 Å². The van der Waals surface area contributed by atoms with Gasteiger partial charge in [0.05, 0.1) is 19.3 Å². The van der Waals surface area contributed by atoms with Crippen LogP contribution in [0.25, 0.3) is 0 Å². The summed E-state index contributed by atoms with van der Waals surface area (Å²) in [5.74, 6) is -0.385. The van der Waals surface area contributed by atoms with Crippen LogP contribution in [0.4, 0.5) is 0 Å². The Morgan fingerprint density at radius 1 is 0.969 bits per heavy atom. The number of aliphatic hydroxyl groups is 1. The second-order valence-corrected chi connectivity index (χ2v) is 8.97. The fourth-order valence-electron chi connectivity index (χ4n) is 3.78. The van der Waals surface area contributed by atoms with E-state index in [-0.39, 0.29) is 23.4 Å². The van der Waals surface area contributed by atoms with E-state index in [4.69, 9.17) is 9.47 Å². The molecular weight excluding hydrogens is 406 g/mol. The third-order valence-electron chi connectivity index (χ3n) is 5.71. The van der Waals surface area contributed by atoms with Crippen molar-refractivity contribution >= 4 is 11.9 Å². The van der Waals surface area contributed by atoms with Crippen LogP contribution in [-0.2, 0) is 25.5 Å². The standard InChI is InChI=1S/C26H43NO5/c1-5-31-24(29)17-13-8-7-12-16-22(25(30)32-6-2)27-19-18-23(28)26(3,4)20-21-14-10-9-11-15-21/h9-11,14-15,22-23,27-28H,5-8,12-13,16-20H2,1-4H3. The molecule has 6 heteroatoms. The van der Waals surface area contributed by atoms with Gasteiger partial charge in [-0.2, -0.15) is 0 Å². The fraction of sp³-hybridized carbons (Fsp3) is 0.692. The molecule has 0 fully saturated rings. The van der Waals surface area contributed by atoms with Gasteiger partial charge in [-0.15, -0.1) is 0 Å². The third-order valence-corrected chi connectivity index (χ3v) is 5.71. The van der Waals surface area contributed by atoms with E-state index in [1.165, 1.54) is 5.56 Å². The predicted octanol–water partition coefficient (Wildman–Crippen LogP) is 4.43. The second kappa shape index (κ2) is 15.8. The van der Waals surface area contributed by atoms with Crippen molar-refractivity contribution in [3.63, 3.8) is 0 Å². The van der Waals surface area contributed by atoms with Crippen molar-refractivity contribution in [2.45, 2.75) is 91.2 Å². The molecule has 2 atom stereocenters. The molecule has 2 unspecified atom stereocenters. The second-order valence-electron chi connectivity index (χ2n) is 8.97. The van der Waals surface area contributed by atoms with Gasteiger partial charge in [-0.25, -0.2) is 0 Å². The van der Waals surface area contributed by atoms with Crippen LogP contribution in [0, 0.1) is 5.41 Å². The average Bonchev–Trinajstić information content (AvgIpc) is 2.75. The van der Waals surface area contributed by atoms with Gasteiger partial charge in [0.15, 0.2) is 0 Å². The quantitative estimate of drug-likeness (QED) is 0.270. The Balaban J connectivity index is 2.39. The van der Waals surface area contributed by atoms with Crippen LogP contribution in [-0.4, -0.2) is 48.9 Å². The van der Waals surface area contributed by atoms with E-state index >= 15 is 0 Å². The fourth-order valence-corrected chi connectivity index (χ4v) is 3.78. The molecule has 0 aliphatic heterocycles. The Bertz CT molecular complexity index is 647. The summed E-state index contributed by atoms with van der Waals surface area (Å²) < 4.78 is 10.2. The molecule has 1 aromatic rings. The molecule has 0 radical (unpaired) electrons. The molecule has 0 saturated heterocycles. The largest absolute Gasteiger partial charge is 0.466 e. The number of carbonyl (C=O) groups is 2. The van der Waals surface area contributed by atoms with Crippen molar-refractivity contribution in [3.05, 3.63) is 35.9 Å². The Morgan fingerprint density at radius 3 is 2.28 bits per heavy atom. The van der Waals surface area contributed by atoms with Gasteiger partial charge in [0.25, 0.3) is 0 Å². The molecule has 32 heavy (non-hydrogen) atoms. The Morgan fingerprint density at radius 2 is 1.62 bits per heavy atom. The first-order valence-electron chi connectivity index (χ1n) is 12.1. The highest BCUT2D eigenvalue weighted by molar-refractivity contribution is 5.75. The van der Waals surface area contributed by atoms with Crippen molar-refractivity contribution < 1.29 is 24.2 Å². The lowest BCUT2D eigenvalue weighted by Gasteiger charge is -2.31. The smallest absolute Gasteiger partial charge is 0.323 e. The first kappa shape index (κ1) is 28.1. The van der Waals surface area contributed by atoms with Crippen LogP contribution in [0.2, 0.25) is 0 Å². The van der Waals surface area contributed by atoms with Gasteiger partial charge in [-0.1, -0.05) is 63.4 Å². The molecule has 0 aromatic heterocycles. The van der Waals surface area contributed by atoms with Gasteiger partial charge >= 0.3 is 11.9 Å². The van der Waals surface area contributed by atoms with E-state index in [0.717, 1.165) is 32.1 Å². The van der Waals surface area contributed by atoms with Crippen LogP contribution >= 0.6 is 0 Å². The maximum absolute atomic E-state index is 12.3. The lowest BCUT2D eigenvalue weighted by atomic mass is 9.79. The number of carbonyl (C=O) groups excluding carboxylic acids is 2. The minimum Gasteiger partial charge on any atom is -0.466 e. The lowest BCUT2D eigenvalue weighted by molar-refractivity contribution is -0.146. The number of rotatable bonds is 17. The topological polar surface area (TPSA) is 84.9 Å². The molecule has 0 amide bonds. The highest BCUT2D eigenvalue weighted by atomic mass is 16.5. The summed E-state index contributed by atoms with van der Waals surface area (Å²) in [7, 11) is 0. The molecule has 0 heterocycles. The molecule has 0 saturated carbocycles. The van der Waals surface area contributed by atoms with Gasteiger partial charge in [0, 0.05) is 6.42 Å². The van der Waals surface area contributed by atoms with Crippen molar-refractivity contribution in [3.8, 4) is 0 Å². The number of unbranched alkanes of at least 4 members (excludes halogenated alkanes) is 3. The van der Waals surface area contributed by atoms with Crippen molar-refractivity contribution in [2.75, 3.05) is 19.8 Å². The van der Waals surface area contributed by atoms with Crippen molar-refractivity contribution in [1.29, 1.82) is 0 Å². The number of benzene rings is 1. The molecule has 0 spiro atoms. The highest BCUT2D eigenvalue weighted by Gasteiger charge is 2.28. The molecule has 1 aromatic carbocycles. The zero-order chi connectivity index (χ0) is 23.8. The molecule has 182 valence electrons. The molecular formula is C26H43NO5. The molecule has 2 N–H and O–H groups in total. The van der Waals surface area contributed by atoms with Gasteiger partial charge in [0.2, 0.25) is 0 Å². The van der Waals surface area contributed by atoms with Gasteiger partial charge in [-0.05, 0) is 57.1 Å². The van der Waals surface area contributed by atoms with E-state index in [9.17, 15) is 14.7 Å².